The van der Waals surface area contributed by atoms with Gasteiger partial charge in [-0.2, -0.15) is 13.2 Å². The SMILES string of the molecule is CNC(=O)c1ccc(CN(C)C(=O)c2ccc(C(F)(F)F)nc2C)cc1. The summed E-state index contributed by atoms with van der Waals surface area (Å²) in [5, 5.41) is 2.51. The minimum atomic E-state index is -4.55. The van der Waals surface area contributed by atoms with Crippen molar-refractivity contribution in [1.29, 1.82) is 0 Å². The summed E-state index contributed by atoms with van der Waals surface area (Å²) in [5.74, 6) is -0.647. The third-order valence-corrected chi connectivity index (χ3v) is 3.82. The lowest BCUT2D eigenvalue weighted by atomic mass is 10.1. The molecule has 0 fully saturated rings. The first-order valence-electron chi connectivity index (χ1n) is 7.75. The molecular formula is C18H18F3N3O2. The molecule has 0 bridgehead atoms. The van der Waals surface area contributed by atoms with Crippen molar-refractivity contribution in [3.05, 3.63) is 64.5 Å². The second-order valence-corrected chi connectivity index (χ2v) is 5.76. The van der Waals surface area contributed by atoms with Crippen molar-refractivity contribution >= 4 is 11.8 Å². The zero-order valence-corrected chi connectivity index (χ0v) is 14.5. The number of hydrogen-bond acceptors (Lipinski definition) is 3. The van der Waals surface area contributed by atoms with E-state index in [-0.39, 0.29) is 23.7 Å². The molecule has 1 N–H and O–H groups in total. The first kappa shape index (κ1) is 19.4. The lowest BCUT2D eigenvalue weighted by Gasteiger charge is -2.19. The maximum Gasteiger partial charge on any atom is 0.433 e. The van der Waals surface area contributed by atoms with Crippen LogP contribution in [0.25, 0.3) is 0 Å². The van der Waals surface area contributed by atoms with Gasteiger partial charge in [0.15, 0.2) is 0 Å². The number of nitrogens with one attached hydrogen (secondary N) is 1. The Morgan fingerprint density at radius 3 is 2.23 bits per heavy atom. The van der Waals surface area contributed by atoms with E-state index in [2.05, 4.69) is 10.3 Å². The molecule has 0 saturated carbocycles. The number of halogens is 3. The predicted molar refractivity (Wildman–Crippen MR) is 89.6 cm³/mol. The number of aromatic nitrogens is 1. The molecule has 1 aromatic heterocycles. The monoisotopic (exact) mass is 365 g/mol. The van der Waals surface area contributed by atoms with E-state index in [1.807, 2.05) is 0 Å². The average molecular weight is 365 g/mol. The van der Waals surface area contributed by atoms with E-state index in [9.17, 15) is 22.8 Å². The lowest BCUT2D eigenvalue weighted by molar-refractivity contribution is -0.141. The topological polar surface area (TPSA) is 62.3 Å². The van der Waals surface area contributed by atoms with Crippen LogP contribution in [-0.2, 0) is 12.7 Å². The smallest absolute Gasteiger partial charge is 0.355 e. The van der Waals surface area contributed by atoms with Crippen molar-refractivity contribution in [3.63, 3.8) is 0 Å². The van der Waals surface area contributed by atoms with Crippen LogP contribution in [0.2, 0.25) is 0 Å². The molecule has 0 spiro atoms. The lowest BCUT2D eigenvalue weighted by Crippen LogP contribution is -2.27. The fourth-order valence-electron chi connectivity index (χ4n) is 2.40. The Bertz CT molecular complexity index is 817. The molecule has 2 amide bonds. The van der Waals surface area contributed by atoms with Crippen LogP contribution in [0.1, 0.15) is 37.7 Å². The second kappa shape index (κ2) is 7.55. The Hall–Kier alpha value is -2.90. The Kier molecular flexibility index (Phi) is 5.64. The number of carbonyl (C=O) groups is 2. The maximum absolute atomic E-state index is 12.7. The number of amides is 2. The molecule has 8 heteroatoms. The fourth-order valence-corrected chi connectivity index (χ4v) is 2.40. The van der Waals surface area contributed by atoms with Crippen LogP contribution in [0, 0.1) is 6.92 Å². The second-order valence-electron chi connectivity index (χ2n) is 5.76. The molecule has 2 rings (SSSR count). The average Bonchev–Trinajstić information content (AvgIpc) is 2.60. The normalized spacial score (nSPS) is 11.2. The summed E-state index contributed by atoms with van der Waals surface area (Å²) < 4.78 is 38.0. The van der Waals surface area contributed by atoms with Crippen LogP contribution in [0.3, 0.4) is 0 Å². The van der Waals surface area contributed by atoms with Gasteiger partial charge in [0.1, 0.15) is 5.69 Å². The zero-order valence-electron chi connectivity index (χ0n) is 14.5. The van der Waals surface area contributed by atoms with Crippen molar-refractivity contribution in [2.24, 2.45) is 0 Å². The Balaban J connectivity index is 2.13. The maximum atomic E-state index is 12.7. The molecule has 0 aliphatic rings. The summed E-state index contributed by atoms with van der Waals surface area (Å²) in [6.45, 7) is 1.61. The van der Waals surface area contributed by atoms with Gasteiger partial charge in [0, 0.05) is 26.2 Å². The van der Waals surface area contributed by atoms with E-state index in [1.165, 1.54) is 18.9 Å². The Morgan fingerprint density at radius 2 is 1.73 bits per heavy atom. The number of pyridine rings is 1. The Labute approximate surface area is 148 Å². The standard InChI is InChI=1S/C18H18F3N3O2/c1-11-14(8-9-15(23-11)18(19,20)21)17(26)24(3)10-12-4-6-13(7-5-12)16(25)22-2/h4-9H,10H2,1-3H3,(H,22,25). The molecule has 1 aromatic carbocycles. The van der Waals surface area contributed by atoms with Gasteiger partial charge in [-0.05, 0) is 36.8 Å². The van der Waals surface area contributed by atoms with Gasteiger partial charge in [-0.25, -0.2) is 4.98 Å². The van der Waals surface area contributed by atoms with Gasteiger partial charge < -0.3 is 10.2 Å². The summed E-state index contributed by atoms with van der Waals surface area (Å²) in [4.78, 5) is 28.9. The first-order valence-corrected chi connectivity index (χ1v) is 7.75. The van der Waals surface area contributed by atoms with Crippen LogP contribution >= 0.6 is 0 Å². The van der Waals surface area contributed by atoms with Gasteiger partial charge in [-0.15, -0.1) is 0 Å². The van der Waals surface area contributed by atoms with Crippen LogP contribution in [0.15, 0.2) is 36.4 Å². The highest BCUT2D eigenvalue weighted by atomic mass is 19.4. The summed E-state index contributed by atoms with van der Waals surface area (Å²) >= 11 is 0. The predicted octanol–water partition coefficient (Wildman–Crippen LogP) is 3.04. The summed E-state index contributed by atoms with van der Waals surface area (Å²) in [5.41, 5.74) is 0.382. The van der Waals surface area contributed by atoms with E-state index in [1.54, 1.807) is 31.3 Å². The minimum absolute atomic E-state index is 0.0200. The molecule has 0 radical (unpaired) electrons. The van der Waals surface area contributed by atoms with E-state index in [0.29, 0.717) is 5.56 Å². The van der Waals surface area contributed by atoms with Crippen LogP contribution in [-0.4, -0.2) is 35.8 Å². The van der Waals surface area contributed by atoms with Gasteiger partial charge in [0.2, 0.25) is 0 Å². The van der Waals surface area contributed by atoms with Gasteiger partial charge in [0.05, 0.1) is 11.3 Å². The third-order valence-electron chi connectivity index (χ3n) is 3.82. The van der Waals surface area contributed by atoms with Crippen molar-refractivity contribution in [2.75, 3.05) is 14.1 Å². The molecule has 138 valence electrons. The molecule has 2 aromatic rings. The molecule has 0 atom stereocenters. The molecule has 0 saturated heterocycles. The number of aryl methyl sites for hydroxylation is 1. The van der Waals surface area contributed by atoms with Crippen molar-refractivity contribution in [2.45, 2.75) is 19.6 Å². The summed E-state index contributed by atoms with van der Waals surface area (Å²) in [7, 11) is 3.08. The van der Waals surface area contributed by atoms with E-state index in [0.717, 1.165) is 17.7 Å². The quantitative estimate of drug-likeness (QED) is 0.906. The number of carbonyl (C=O) groups excluding carboxylic acids is 2. The van der Waals surface area contributed by atoms with E-state index < -0.39 is 17.8 Å². The highest BCUT2D eigenvalue weighted by Gasteiger charge is 2.33. The fraction of sp³-hybridized carbons (Fsp3) is 0.278. The minimum Gasteiger partial charge on any atom is -0.355 e. The zero-order chi connectivity index (χ0) is 19.5. The van der Waals surface area contributed by atoms with Gasteiger partial charge in [-0.1, -0.05) is 12.1 Å². The van der Waals surface area contributed by atoms with Gasteiger partial charge in [0.25, 0.3) is 11.8 Å². The molecule has 5 nitrogen and oxygen atoms in total. The molecule has 0 unspecified atom stereocenters. The van der Waals surface area contributed by atoms with Crippen LogP contribution in [0.4, 0.5) is 13.2 Å². The highest BCUT2D eigenvalue weighted by Crippen LogP contribution is 2.28. The van der Waals surface area contributed by atoms with Crippen LogP contribution in [0.5, 0.6) is 0 Å². The van der Waals surface area contributed by atoms with Crippen LogP contribution < -0.4 is 5.32 Å². The number of alkyl halides is 3. The number of nitrogens with zero attached hydrogens (tertiary/aromatic N) is 2. The van der Waals surface area contributed by atoms with Gasteiger partial charge >= 0.3 is 6.18 Å². The third kappa shape index (κ3) is 4.38. The van der Waals surface area contributed by atoms with E-state index in [4.69, 9.17) is 0 Å². The van der Waals surface area contributed by atoms with E-state index >= 15 is 0 Å². The van der Waals surface area contributed by atoms with Crippen molar-refractivity contribution in [1.82, 2.24) is 15.2 Å². The highest BCUT2D eigenvalue weighted by molar-refractivity contribution is 5.95. The molecule has 1 heterocycles. The van der Waals surface area contributed by atoms with Gasteiger partial charge in [-0.3, -0.25) is 9.59 Å². The largest absolute Gasteiger partial charge is 0.433 e. The summed E-state index contributed by atoms with van der Waals surface area (Å²) in [6, 6.07) is 8.64. The molecule has 0 aliphatic heterocycles. The summed E-state index contributed by atoms with van der Waals surface area (Å²) in [6.07, 6.45) is -4.55. The number of hydrogen-bond donors (Lipinski definition) is 1. The van der Waals surface area contributed by atoms with Crippen molar-refractivity contribution < 1.29 is 22.8 Å². The first-order chi connectivity index (χ1) is 12.1. The number of rotatable bonds is 4. The number of benzene rings is 1. The molecule has 0 aliphatic carbocycles. The molecule has 26 heavy (non-hydrogen) atoms. The Morgan fingerprint density at radius 1 is 1.12 bits per heavy atom. The molecular weight excluding hydrogens is 347 g/mol. The van der Waals surface area contributed by atoms with Crippen molar-refractivity contribution in [3.8, 4) is 0 Å².